The monoisotopic (exact) mass is 269 g/mol. The summed E-state index contributed by atoms with van der Waals surface area (Å²) in [6.45, 7) is 1.35. The van der Waals surface area contributed by atoms with Gasteiger partial charge < -0.3 is 15.0 Å². The second kappa shape index (κ2) is 5.40. The van der Waals surface area contributed by atoms with Gasteiger partial charge in [0.05, 0.1) is 18.1 Å². The van der Waals surface area contributed by atoms with Gasteiger partial charge in [-0.25, -0.2) is 4.39 Å². The normalized spacial score (nSPS) is 18.7. The second-order valence-electron chi connectivity index (χ2n) is 4.45. The van der Waals surface area contributed by atoms with E-state index in [0.29, 0.717) is 18.8 Å². The van der Waals surface area contributed by atoms with Crippen LogP contribution in [0.1, 0.15) is 6.42 Å². The van der Waals surface area contributed by atoms with Crippen molar-refractivity contribution in [2.24, 2.45) is 0 Å². The molecule has 1 saturated heterocycles. The van der Waals surface area contributed by atoms with Crippen LogP contribution in [0, 0.1) is 15.9 Å². The zero-order chi connectivity index (χ0) is 14.0. The lowest BCUT2D eigenvalue weighted by molar-refractivity contribution is -0.384. The van der Waals surface area contributed by atoms with Gasteiger partial charge in [-0.05, 0) is 13.5 Å². The molecule has 19 heavy (non-hydrogen) atoms. The third-order valence-electron chi connectivity index (χ3n) is 3.38. The number of benzene rings is 1. The van der Waals surface area contributed by atoms with Crippen molar-refractivity contribution in [1.82, 2.24) is 5.32 Å². The molecule has 0 bridgehead atoms. The fraction of sp³-hybridized carbons (Fsp3) is 0.500. The molecule has 1 aromatic rings. The fourth-order valence-corrected chi connectivity index (χ4v) is 2.30. The van der Waals surface area contributed by atoms with Crippen LogP contribution in [-0.4, -0.2) is 38.2 Å². The van der Waals surface area contributed by atoms with Crippen LogP contribution in [-0.2, 0) is 0 Å². The van der Waals surface area contributed by atoms with Crippen LogP contribution in [0.25, 0.3) is 0 Å². The standard InChI is InChI=1S/C12H16FN3O3/c1-14-8-3-4-15(7-8)10-6-12(19-2)9(13)5-11(10)16(17)18/h5-6,8,14H,3-4,7H2,1-2H3. The highest BCUT2D eigenvalue weighted by Gasteiger charge is 2.28. The average molecular weight is 269 g/mol. The first-order valence-electron chi connectivity index (χ1n) is 6.01. The van der Waals surface area contributed by atoms with E-state index < -0.39 is 10.7 Å². The van der Waals surface area contributed by atoms with Crippen molar-refractivity contribution in [3.8, 4) is 5.75 Å². The lowest BCUT2D eigenvalue weighted by Crippen LogP contribution is -2.29. The summed E-state index contributed by atoms with van der Waals surface area (Å²) in [6.07, 6.45) is 0.896. The van der Waals surface area contributed by atoms with Gasteiger partial charge in [0.1, 0.15) is 5.69 Å². The van der Waals surface area contributed by atoms with E-state index in [4.69, 9.17) is 4.74 Å². The van der Waals surface area contributed by atoms with Crippen LogP contribution in [0.5, 0.6) is 5.75 Å². The van der Waals surface area contributed by atoms with Gasteiger partial charge in [0.25, 0.3) is 5.69 Å². The molecule has 0 saturated carbocycles. The molecular weight excluding hydrogens is 253 g/mol. The Balaban J connectivity index is 2.40. The van der Waals surface area contributed by atoms with Gasteiger partial charge in [0.2, 0.25) is 0 Å². The lowest BCUT2D eigenvalue weighted by Gasteiger charge is -2.19. The highest BCUT2D eigenvalue weighted by Crippen LogP contribution is 2.36. The van der Waals surface area contributed by atoms with Crippen molar-refractivity contribution in [1.29, 1.82) is 0 Å². The number of hydrogen-bond donors (Lipinski definition) is 1. The Bertz CT molecular complexity index is 495. The van der Waals surface area contributed by atoms with Gasteiger partial charge >= 0.3 is 0 Å². The van der Waals surface area contributed by atoms with Gasteiger partial charge in [-0.3, -0.25) is 10.1 Å². The molecule has 1 heterocycles. The van der Waals surface area contributed by atoms with Gasteiger partial charge in [-0.2, -0.15) is 0 Å². The van der Waals surface area contributed by atoms with E-state index in [0.717, 1.165) is 12.5 Å². The van der Waals surface area contributed by atoms with E-state index in [-0.39, 0.29) is 17.5 Å². The van der Waals surface area contributed by atoms with Gasteiger partial charge in [0, 0.05) is 25.2 Å². The zero-order valence-corrected chi connectivity index (χ0v) is 10.9. The Kier molecular flexibility index (Phi) is 3.84. The van der Waals surface area contributed by atoms with E-state index in [1.54, 1.807) is 0 Å². The summed E-state index contributed by atoms with van der Waals surface area (Å²) in [7, 11) is 3.20. The molecule has 1 unspecified atom stereocenters. The Morgan fingerprint density at radius 3 is 2.84 bits per heavy atom. The molecule has 1 atom stereocenters. The first-order chi connectivity index (χ1) is 9.06. The third-order valence-corrected chi connectivity index (χ3v) is 3.38. The number of anilines is 1. The molecule has 7 heteroatoms. The van der Waals surface area contributed by atoms with Crippen LogP contribution < -0.4 is 15.0 Å². The van der Waals surface area contributed by atoms with Crippen LogP contribution in [0.3, 0.4) is 0 Å². The number of nitro groups is 1. The number of hydrogen-bond acceptors (Lipinski definition) is 5. The number of methoxy groups -OCH3 is 1. The SMILES string of the molecule is CNC1CCN(c2cc(OC)c(F)cc2[N+](=O)[O-])C1. The molecule has 0 aromatic heterocycles. The maximum Gasteiger partial charge on any atom is 0.295 e. The molecular formula is C12H16FN3O3. The van der Waals surface area contributed by atoms with Crippen LogP contribution in [0.15, 0.2) is 12.1 Å². The van der Waals surface area contributed by atoms with Crippen LogP contribution in [0.4, 0.5) is 15.8 Å². The topological polar surface area (TPSA) is 67.6 Å². The van der Waals surface area contributed by atoms with E-state index in [1.807, 2.05) is 11.9 Å². The molecule has 1 aliphatic heterocycles. The summed E-state index contributed by atoms with van der Waals surface area (Å²) >= 11 is 0. The van der Waals surface area contributed by atoms with Gasteiger partial charge in [0.15, 0.2) is 11.6 Å². The summed E-state index contributed by atoms with van der Waals surface area (Å²) < 4.78 is 18.5. The van der Waals surface area contributed by atoms with E-state index in [2.05, 4.69) is 5.32 Å². The number of nitrogens with zero attached hydrogens (tertiary/aromatic N) is 2. The molecule has 1 aromatic carbocycles. The summed E-state index contributed by atoms with van der Waals surface area (Å²) in [5.41, 5.74) is 0.177. The predicted octanol–water partition coefficient (Wildman–Crippen LogP) is 1.54. The average Bonchev–Trinajstić information content (AvgIpc) is 2.87. The summed E-state index contributed by atoms with van der Waals surface area (Å²) in [4.78, 5) is 12.3. The Hall–Kier alpha value is -1.89. The van der Waals surface area contributed by atoms with Crippen molar-refractivity contribution in [2.45, 2.75) is 12.5 Å². The van der Waals surface area contributed by atoms with Crippen molar-refractivity contribution in [3.05, 3.63) is 28.1 Å². The molecule has 6 nitrogen and oxygen atoms in total. The number of nitro benzene ring substituents is 1. The first kappa shape index (κ1) is 13.5. The minimum atomic E-state index is -0.720. The van der Waals surface area contributed by atoms with Gasteiger partial charge in [-0.15, -0.1) is 0 Å². The highest BCUT2D eigenvalue weighted by atomic mass is 19.1. The van der Waals surface area contributed by atoms with Crippen LogP contribution >= 0.6 is 0 Å². The van der Waals surface area contributed by atoms with Crippen molar-refractivity contribution < 1.29 is 14.1 Å². The Morgan fingerprint density at radius 2 is 2.32 bits per heavy atom. The first-order valence-corrected chi connectivity index (χ1v) is 6.01. The maximum atomic E-state index is 13.6. The maximum absolute atomic E-state index is 13.6. The summed E-state index contributed by atoms with van der Waals surface area (Å²) in [5, 5.41) is 14.2. The molecule has 0 aliphatic carbocycles. The molecule has 2 rings (SSSR count). The predicted molar refractivity (Wildman–Crippen MR) is 69.3 cm³/mol. The number of halogens is 1. The summed E-state index contributed by atoms with van der Waals surface area (Å²) in [6, 6.07) is 2.60. The minimum absolute atomic E-state index is 0.0218. The largest absolute Gasteiger partial charge is 0.494 e. The van der Waals surface area contributed by atoms with E-state index in [1.165, 1.54) is 13.2 Å². The van der Waals surface area contributed by atoms with Crippen LogP contribution in [0.2, 0.25) is 0 Å². The third kappa shape index (κ3) is 2.60. The molecule has 0 radical (unpaired) electrons. The molecule has 0 amide bonds. The molecule has 1 N–H and O–H groups in total. The number of nitrogens with one attached hydrogen (secondary N) is 1. The van der Waals surface area contributed by atoms with Gasteiger partial charge in [-0.1, -0.05) is 0 Å². The zero-order valence-electron chi connectivity index (χ0n) is 10.9. The number of likely N-dealkylation sites (N-methyl/N-ethyl adjacent to an activating group) is 1. The summed E-state index contributed by atoms with van der Waals surface area (Å²) in [5.74, 6) is -0.698. The van der Waals surface area contributed by atoms with E-state index >= 15 is 0 Å². The number of rotatable bonds is 4. The second-order valence-corrected chi connectivity index (χ2v) is 4.45. The van der Waals surface area contributed by atoms with Crippen molar-refractivity contribution in [3.63, 3.8) is 0 Å². The minimum Gasteiger partial charge on any atom is -0.494 e. The quantitative estimate of drug-likeness (QED) is 0.663. The smallest absolute Gasteiger partial charge is 0.295 e. The fourth-order valence-electron chi connectivity index (χ4n) is 2.30. The molecule has 1 fully saturated rings. The molecule has 104 valence electrons. The molecule has 1 aliphatic rings. The number of ether oxygens (including phenoxy) is 1. The molecule has 0 spiro atoms. The Labute approximate surface area is 110 Å². The highest BCUT2D eigenvalue weighted by molar-refractivity contribution is 5.66. The van der Waals surface area contributed by atoms with Crippen molar-refractivity contribution in [2.75, 3.05) is 32.1 Å². The Morgan fingerprint density at radius 1 is 1.58 bits per heavy atom. The van der Waals surface area contributed by atoms with Crippen molar-refractivity contribution >= 4 is 11.4 Å². The lowest BCUT2D eigenvalue weighted by atomic mass is 10.2. The van der Waals surface area contributed by atoms with E-state index in [9.17, 15) is 14.5 Å².